The summed E-state index contributed by atoms with van der Waals surface area (Å²) in [5.74, 6) is 0.904. The zero-order valence-electron chi connectivity index (χ0n) is 9.19. The number of nitrogens with zero attached hydrogens (tertiary/aromatic N) is 2. The van der Waals surface area contributed by atoms with Crippen molar-refractivity contribution >= 4 is 11.8 Å². The van der Waals surface area contributed by atoms with E-state index in [1.807, 2.05) is 0 Å². The van der Waals surface area contributed by atoms with Crippen molar-refractivity contribution in [3.05, 3.63) is 23.1 Å². The van der Waals surface area contributed by atoms with Gasteiger partial charge in [0.2, 0.25) is 0 Å². The van der Waals surface area contributed by atoms with E-state index in [0.29, 0.717) is 11.7 Å². The molecule has 1 aromatic heterocycles. The second-order valence-electron chi connectivity index (χ2n) is 3.34. The molecule has 1 aromatic rings. The van der Waals surface area contributed by atoms with Crippen LogP contribution in [0.4, 0.5) is 0 Å². The highest BCUT2D eigenvalue weighted by Crippen LogP contribution is 2.15. The minimum absolute atomic E-state index is 0.197. The predicted octanol–water partition coefficient (Wildman–Crippen LogP) is 1.01. The van der Waals surface area contributed by atoms with Gasteiger partial charge in [-0.15, -0.1) is 11.7 Å². The molecular formula is C10H17N3O2S. The molecule has 16 heavy (non-hydrogen) atoms. The maximum atomic E-state index is 11.3. The maximum absolute atomic E-state index is 11.3. The Bertz CT molecular complexity index is 372. The number of aromatic nitrogens is 3. The van der Waals surface area contributed by atoms with E-state index in [-0.39, 0.29) is 12.3 Å². The number of nitrogens with one attached hydrogen (secondary N) is 1. The Hall–Kier alpha value is -1.01. The summed E-state index contributed by atoms with van der Waals surface area (Å²) in [6, 6.07) is 0. The van der Waals surface area contributed by atoms with Gasteiger partial charge in [0.25, 0.3) is 0 Å². The number of aliphatic hydroxyl groups is 1. The molecule has 1 heterocycles. The fraction of sp³-hybridized carbons (Fsp3) is 0.600. The van der Waals surface area contributed by atoms with Crippen LogP contribution in [0.1, 0.15) is 19.3 Å². The van der Waals surface area contributed by atoms with Crippen molar-refractivity contribution in [2.24, 2.45) is 0 Å². The molecule has 0 aliphatic carbocycles. The number of allylic oxidation sites excluding steroid dienone is 1. The first-order valence-electron chi connectivity index (χ1n) is 5.29. The molecule has 0 aliphatic rings. The Morgan fingerprint density at radius 1 is 1.50 bits per heavy atom. The molecule has 5 nitrogen and oxygen atoms in total. The van der Waals surface area contributed by atoms with Gasteiger partial charge < -0.3 is 5.11 Å². The van der Waals surface area contributed by atoms with Crippen LogP contribution in [0.2, 0.25) is 0 Å². The molecule has 0 aromatic carbocycles. The highest BCUT2D eigenvalue weighted by atomic mass is 32.2. The van der Waals surface area contributed by atoms with Crippen LogP contribution in [0.3, 0.4) is 0 Å². The van der Waals surface area contributed by atoms with Crippen molar-refractivity contribution in [1.82, 2.24) is 14.8 Å². The summed E-state index contributed by atoms with van der Waals surface area (Å²) < 4.78 is 1.56. The maximum Gasteiger partial charge on any atom is 0.344 e. The summed E-state index contributed by atoms with van der Waals surface area (Å²) in [6.07, 6.45) is 4.52. The van der Waals surface area contributed by atoms with Gasteiger partial charge in [0.05, 0.1) is 0 Å². The molecule has 90 valence electrons. The molecule has 0 bridgehead atoms. The fourth-order valence-electron chi connectivity index (χ4n) is 1.26. The van der Waals surface area contributed by atoms with Crippen LogP contribution in [-0.2, 0) is 6.54 Å². The van der Waals surface area contributed by atoms with Gasteiger partial charge in [0.15, 0.2) is 5.16 Å². The van der Waals surface area contributed by atoms with E-state index in [2.05, 4.69) is 16.8 Å². The second kappa shape index (κ2) is 7.29. The van der Waals surface area contributed by atoms with Crippen molar-refractivity contribution in [3.63, 3.8) is 0 Å². The smallest absolute Gasteiger partial charge is 0.344 e. The predicted molar refractivity (Wildman–Crippen MR) is 64.7 cm³/mol. The molecule has 6 heteroatoms. The minimum atomic E-state index is -0.197. The van der Waals surface area contributed by atoms with Crippen LogP contribution in [0.5, 0.6) is 0 Å². The Labute approximate surface area is 98.6 Å². The SMILES string of the molecule is C=CCn1c(SCCCCCO)n[nH]c1=O. The average molecular weight is 243 g/mol. The van der Waals surface area contributed by atoms with Gasteiger partial charge in [-0.25, -0.2) is 9.89 Å². The third-order valence-electron chi connectivity index (χ3n) is 2.07. The molecule has 0 amide bonds. The monoisotopic (exact) mass is 243 g/mol. The second-order valence-corrected chi connectivity index (χ2v) is 4.41. The fourth-order valence-corrected chi connectivity index (χ4v) is 2.21. The highest BCUT2D eigenvalue weighted by molar-refractivity contribution is 7.99. The lowest BCUT2D eigenvalue weighted by Crippen LogP contribution is -2.16. The first-order chi connectivity index (χ1) is 7.79. The van der Waals surface area contributed by atoms with Gasteiger partial charge in [-0.3, -0.25) is 4.57 Å². The Morgan fingerprint density at radius 2 is 2.31 bits per heavy atom. The van der Waals surface area contributed by atoms with Crippen LogP contribution < -0.4 is 5.69 Å². The largest absolute Gasteiger partial charge is 0.396 e. The molecular weight excluding hydrogens is 226 g/mol. The summed E-state index contributed by atoms with van der Waals surface area (Å²) >= 11 is 1.55. The number of aromatic amines is 1. The van der Waals surface area contributed by atoms with Crippen molar-refractivity contribution in [2.45, 2.75) is 31.0 Å². The molecule has 0 spiro atoms. The molecule has 0 fully saturated rings. The van der Waals surface area contributed by atoms with E-state index in [1.54, 1.807) is 22.4 Å². The summed E-state index contributed by atoms with van der Waals surface area (Å²) in [6.45, 7) is 4.32. The normalized spacial score (nSPS) is 10.6. The van der Waals surface area contributed by atoms with E-state index in [1.165, 1.54) is 0 Å². The van der Waals surface area contributed by atoms with Crippen LogP contribution in [0.25, 0.3) is 0 Å². The zero-order chi connectivity index (χ0) is 11.8. The van der Waals surface area contributed by atoms with Crippen LogP contribution in [0.15, 0.2) is 22.6 Å². The molecule has 2 N–H and O–H groups in total. The summed E-state index contributed by atoms with van der Waals surface area (Å²) in [4.78, 5) is 11.3. The average Bonchev–Trinajstić information content (AvgIpc) is 2.62. The first kappa shape index (κ1) is 13.1. The summed E-state index contributed by atoms with van der Waals surface area (Å²) in [7, 11) is 0. The minimum Gasteiger partial charge on any atom is -0.396 e. The number of hydrogen-bond acceptors (Lipinski definition) is 4. The number of H-pyrrole nitrogens is 1. The van der Waals surface area contributed by atoms with Crippen molar-refractivity contribution in [3.8, 4) is 0 Å². The number of thioether (sulfide) groups is 1. The number of unbranched alkanes of at least 4 members (excludes halogenated alkanes) is 2. The van der Waals surface area contributed by atoms with Gasteiger partial charge in [-0.05, 0) is 12.8 Å². The van der Waals surface area contributed by atoms with Crippen LogP contribution in [0, 0.1) is 0 Å². The van der Waals surface area contributed by atoms with E-state index in [0.717, 1.165) is 25.0 Å². The van der Waals surface area contributed by atoms with E-state index >= 15 is 0 Å². The quantitative estimate of drug-likeness (QED) is 0.406. The van der Waals surface area contributed by atoms with E-state index < -0.39 is 0 Å². The van der Waals surface area contributed by atoms with Crippen LogP contribution in [-0.4, -0.2) is 32.2 Å². The number of rotatable bonds is 8. The standard InChI is InChI=1S/C10H17N3O2S/c1-2-6-13-9(15)11-12-10(13)16-8-5-3-4-7-14/h2,14H,1,3-8H2,(H,11,15). The Kier molecular flexibility index (Phi) is 5.95. The molecule has 0 saturated heterocycles. The van der Waals surface area contributed by atoms with Gasteiger partial charge in [-0.2, -0.15) is 0 Å². The van der Waals surface area contributed by atoms with E-state index in [4.69, 9.17) is 5.11 Å². The summed E-state index contributed by atoms with van der Waals surface area (Å²) in [5.41, 5.74) is -0.197. The molecule has 0 atom stereocenters. The lowest BCUT2D eigenvalue weighted by Gasteiger charge is -2.01. The van der Waals surface area contributed by atoms with Gasteiger partial charge >= 0.3 is 5.69 Å². The molecule has 0 saturated carbocycles. The van der Waals surface area contributed by atoms with Gasteiger partial charge in [0.1, 0.15) is 0 Å². The third kappa shape index (κ3) is 3.86. The van der Waals surface area contributed by atoms with Crippen molar-refractivity contribution in [1.29, 1.82) is 0 Å². The lowest BCUT2D eigenvalue weighted by atomic mass is 10.3. The first-order valence-corrected chi connectivity index (χ1v) is 6.28. The van der Waals surface area contributed by atoms with Crippen molar-refractivity contribution in [2.75, 3.05) is 12.4 Å². The zero-order valence-corrected chi connectivity index (χ0v) is 10.0. The molecule has 0 unspecified atom stereocenters. The van der Waals surface area contributed by atoms with Gasteiger partial charge in [-0.1, -0.05) is 24.3 Å². The highest BCUT2D eigenvalue weighted by Gasteiger charge is 2.06. The Balaban J connectivity index is 2.41. The number of aliphatic hydroxyl groups excluding tert-OH is 1. The molecule has 1 rings (SSSR count). The topological polar surface area (TPSA) is 70.9 Å². The van der Waals surface area contributed by atoms with E-state index in [9.17, 15) is 4.79 Å². The summed E-state index contributed by atoms with van der Waals surface area (Å²) in [5, 5.41) is 15.7. The Morgan fingerprint density at radius 3 is 3.00 bits per heavy atom. The lowest BCUT2D eigenvalue weighted by molar-refractivity contribution is 0.284. The number of hydrogen-bond donors (Lipinski definition) is 2. The molecule has 0 aliphatic heterocycles. The van der Waals surface area contributed by atoms with Crippen LogP contribution >= 0.6 is 11.8 Å². The van der Waals surface area contributed by atoms with Gasteiger partial charge in [0, 0.05) is 18.9 Å². The molecule has 0 radical (unpaired) electrons. The third-order valence-corrected chi connectivity index (χ3v) is 3.13. The van der Waals surface area contributed by atoms with Crippen molar-refractivity contribution < 1.29 is 5.11 Å².